The van der Waals surface area contributed by atoms with Crippen molar-refractivity contribution in [3.63, 3.8) is 0 Å². The fourth-order valence-corrected chi connectivity index (χ4v) is 4.22. The van der Waals surface area contributed by atoms with Gasteiger partial charge in [-0.2, -0.15) is 0 Å². The molecule has 2 heterocycles. The van der Waals surface area contributed by atoms with E-state index in [4.69, 9.17) is 4.74 Å². The third kappa shape index (κ3) is 3.72. The first-order valence-electron chi connectivity index (χ1n) is 10.2. The van der Waals surface area contributed by atoms with Gasteiger partial charge in [-0.25, -0.2) is 4.90 Å². The van der Waals surface area contributed by atoms with Crippen molar-refractivity contribution >= 4 is 23.2 Å². The highest BCUT2D eigenvalue weighted by atomic mass is 16.5. The molecule has 2 aliphatic rings. The standard InChI is InChI=1S/C23H27N3O3/c1-3-17-8-10-18(11-9-17)26-22(27)16-20(23(26)28)25-14-12-24(13-15-25)19-6-4-5-7-21(19)29-2/h4-11,20H,3,12-16H2,1-2H3/t20-/m0/s1. The van der Waals surface area contributed by atoms with E-state index in [0.717, 1.165) is 44.0 Å². The first kappa shape index (κ1) is 19.5. The average molecular weight is 393 g/mol. The van der Waals surface area contributed by atoms with Gasteiger partial charge in [0.25, 0.3) is 5.91 Å². The predicted molar refractivity (Wildman–Crippen MR) is 113 cm³/mol. The first-order chi connectivity index (χ1) is 14.1. The topological polar surface area (TPSA) is 53.1 Å². The summed E-state index contributed by atoms with van der Waals surface area (Å²) in [5, 5.41) is 0. The van der Waals surface area contributed by atoms with Gasteiger partial charge in [-0.15, -0.1) is 0 Å². The molecule has 2 amide bonds. The number of anilines is 2. The lowest BCUT2D eigenvalue weighted by molar-refractivity contribution is -0.123. The Kier molecular flexibility index (Phi) is 5.53. The monoisotopic (exact) mass is 393 g/mol. The molecule has 2 saturated heterocycles. The zero-order chi connectivity index (χ0) is 20.4. The number of imide groups is 1. The molecule has 2 aliphatic heterocycles. The maximum absolute atomic E-state index is 13.1. The van der Waals surface area contributed by atoms with E-state index >= 15 is 0 Å². The minimum absolute atomic E-state index is 0.106. The van der Waals surface area contributed by atoms with Crippen molar-refractivity contribution in [1.29, 1.82) is 0 Å². The Morgan fingerprint density at radius 1 is 0.966 bits per heavy atom. The molecule has 4 rings (SSSR count). The normalized spacial score (nSPS) is 20.4. The van der Waals surface area contributed by atoms with Crippen molar-refractivity contribution < 1.29 is 14.3 Å². The van der Waals surface area contributed by atoms with E-state index < -0.39 is 0 Å². The zero-order valence-corrected chi connectivity index (χ0v) is 17.0. The molecule has 6 nitrogen and oxygen atoms in total. The summed E-state index contributed by atoms with van der Waals surface area (Å²) in [6, 6.07) is 15.3. The summed E-state index contributed by atoms with van der Waals surface area (Å²) in [5.41, 5.74) is 2.94. The molecular weight excluding hydrogens is 366 g/mol. The second kappa shape index (κ2) is 8.25. The van der Waals surface area contributed by atoms with Crippen LogP contribution in [-0.4, -0.2) is 56.0 Å². The molecule has 1 atom stereocenters. The van der Waals surface area contributed by atoms with Gasteiger partial charge in [0, 0.05) is 26.2 Å². The molecule has 6 heteroatoms. The third-order valence-electron chi connectivity index (χ3n) is 5.91. The smallest absolute Gasteiger partial charge is 0.251 e. The van der Waals surface area contributed by atoms with Crippen molar-refractivity contribution in [2.24, 2.45) is 0 Å². The minimum atomic E-state index is -0.367. The van der Waals surface area contributed by atoms with Gasteiger partial charge in [-0.1, -0.05) is 31.2 Å². The highest BCUT2D eigenvalue weighted by Crippen LogP contribution is 2.30. The summed E-state index contributed by atoms with van der Waals surface area (Å²) in [7, 11) is 1.68. The Morgan fingerprint density at radius 2 is 1.66 bits per heavy atom. The molecule has 0 spiro atoms. The van der Waals surface area contributed by atoms with Crippen molar-refractivity contribution in [1.82, 2.24) is 4.90 Å². The molecule has 0 bridgehead atoms. The van der Waals surface area contributed by atoms with Crippen LogP contribution in [-0.2, 0) is 16.0 Å². The fourth-order valence-electron chi connectivity index (χ4n) is 4.22. The van der Waals surface area contributed by atoms with Gasteiger partial charge in [0.2, 0.25) is 5.91 Å². The van der Waals surface area contributed by atoms with Gasteiger partial charge in [0.1, 0.15) is 5.75 Å². The van der Waals surface area contributed by atoms with E-state index in [1.807, 2.05) is 42.5 Å². The molecule has 152 valence electrons. The van der Waals surface area contributed by atoms with Crippen LogP contribution in [0.4, 0.5) is 11.4 Å². The van der Waals surface area contributed by atoms with Gasteiger partial charge >= 0.3 is 0 Å². The van der Waals surface area contributed by atoms with Gasteiger partial charge in [0.15, 0.2) is 0 Å². The average Bonchev–Trinajstić information content (AvgIpc) is 3.07. The number of rotatable bonds is 5. The summed E-state index contributed by atoms with van der Waals surface area (Å²) in [6.45, 7) is 5.16. The van der Waals surface area contributed by atoms with Crippen molar-refractivity contribution in [3.05, 3.63) is 54.1 Å². The molecule has 2 aromatic carbocycles. The van der Waals surface area contributed by atoms with Gasteiger partial charge in [-0.3, -0.25) is 14.5 Å². The number of amides is 2. The van der Waals surface area contributed by atoms with Crippen LogP contribution in [0.25, 0.3) is 0 Å². The number of benzene rings is 2. The predicted octanol–water partition coefficient (Wildman–Crippen LogP) is 2.71. The molecule has 0 radical (unpaired) electrons. The largest absolute Gasteiger partial charge is 0.495 e. The van der Waals surface area contributed by atoms with Crippen LogP contribution in [0.1, 0.15) is 18.9 Å². The number of hydrogen-bond acceptors (Lipinski definition) is 5. The third-order valence-corrected chi connectivity index (χ3v) is 5.91. The minimum Gasteiger partial charge on any atom is -0.495 e. The van der Waals surface area contributed by atoms with E-state index in [0.29, 0.717) is 5.69 Å². The molecule has 0 N–H and O–H groups in total. The molecule has 0 aliphatic carbocycles. The zero-order valence-electron chi connectivity index (χ0n) is 17.0. The highest BCUT2D eigenvalue weighted by Gasteiger charge is 2.43. The summed E-state index contributed by atoms with van der Waals surface area (Å²) < 4.78 is 5.48. The van der Waals surface area contributed by atoms with Gasteiger partial charge in [-0.05, 0) is 36.2 Å². The Labute approximate surface area is 171 Å². The Balaban J connectivity index is 1.43. The Morgan fingerprint density at radius 3 is 2.31 bits per heavy atom. The van der Waals surface area contributed by atoms with Gasteiger partial charge < -0.3 is 9.64 Å². The highest BCUT2D eigenvalue weighted by molar-refractivity contribution is 6.22. The van der Waals surface area contributed by atoms with Crippen LogP contribution in [0.3, 0.4) is 0 Å². The molecule has 0 unspecified atom stereocenters. The number of piperazine rings is 1. The molecule has 2 fully saturated rings. The number of methoxy groups -OCH3 is 1. The fraction of sp³-hybridized carbons (Fsp3) is 0.391. The van der Waals surface area contributed by atoms with E-state index in [2.05, 4.69) is 22.8 Å². The van der Waals surface area contributed by atoms with Gasteiger partial charge in [0.05, 0.1) is 30.9 Å². The second-order valence-electron chi connectivity index (χ2n) is 7.50. The second-order valence-corrected chi connectivity index (χ2v) is 7.50. The van der Waals surface area contributed by atoms with E-state index in [-0.39, 0.29) is 24.3 Å². The van der Waals surface area contributed by atoms with Crippen molar-refractivity contribution in [2.45, 2.75) is 25.8 Å². The SMILES string of the molecule is CCc1ccc(N2C(=O)C[C@H](N3CCN(c4ccccc4OC)CC3)C2=O)cc1. The molecule has 2 aromatic rings. The number of para-hydroxylation sites is 2. The van der Waals surface area contributed by atoms with Crippen LogP contribution < -0.4 is 14.5 Å². The lowest BCUT2D eigenvalue weighted by Gasteiger charge is -2.38. The summed E-state index contributed by atoms with van der Waals surface area (Å²) >= 11 is 0. The van der Waals surface area contributed by atoms with Crippen LogP contribution in [0.5, 0.6) is 5.75 Å². The first-order valence-corrected chi connectivity index (χ1v) is 10.2. The van der Waals surface area contributed by atoms with Crippen molar-refractivity contribution in [3.8, 4) is 5.75 Å². The van der Waals surface area contributed by atoms with Crippen LogP contribution in [0, 0.1) is 0 Å². The van der Waals surface area contributed by atoms with Crippen LogP contribution in [0.15, 0.2) is 48.5 Å². The van der Waals surface area contributed by atoms with Crippen LogP contribution in [0.2, 0.25) is 0 Å². The number of ether oxygens (including phenoxy) is 1. The number of aryl methyl sites for hydroxylation is 1. The Hall–Kier alpha value is -2.86. The van der Waals surface area contributed by atoms with E-state index in [9.17, 15) is 9.59 Å². The van der Waals surface area contributed by atoms with Crippen LogP contribution >= 0.6 is 0 Å². The molecule has 0 aromatic heterocycles. The number of nitrogens with zero attached hydrogens (tertiary/aromatic N) is 3. The van der Waals surface area contributed by atoms with E-state index in [1.165, 1.54) is 10.5 Å². The lowest BCUT2D eigenvalue weighted by Crippen LogP contribution is -2.52. The molecular formula is C23H27N3O3. The van der Waals surface area contributed by atoms with Crippen molar-refractivity contribution in [2.75, 3.05) is 43.1 Å². The summed E-state index contributed by atoms with van der Waals surface area (Å²) in [6.07, 6.45) is 1.18. The lowest BCUT2D eigenvalue weighted by atomic mass is 10.1. The quantitative estimate of drug-likeness (QED) is 0.731. The number of hydrogen-bond donors (Lipinski definition) is 0. The summed E-state index contributed by atoms with van der Waals surface area (Å²) in [5.74, 6) is 0.635. The molecule has 29 heavy (non-hydrogen) atoms. The van der Waals surface area contributed by atoms with E-state index in [1.54, 1.807) is 7.11 Å². The number of carbonyl (C=O) groups excluding carboxylic acids is 2. The summed E-state index contributed by atoms with van der Waals surface area (Å²) in [4.78, 5) is 31.4. The molecule has 0 saturated carbocycles. The maximum Gasteiger partial charge on any atom is 0.251 e. The maximum atomic E-state index is 13.1. The number of carbonyl (C=O) groups is 2. The Bertz CT molecular complexity index is 888.